The summed E-state index contributed by atoms with van der Waals surface area (Å²) in [7, 11) is 3.43. The lowest BCUT2D eigenvalue weighted by Gasteiger charge is -2.25. The molecule has 1 N–H and O–H groups in total. The Balaban J connectivity index is 1.59. The summed E-state index contributed by atoms with van der Waals surface area (Å²) in [5.74, 6) is 2.57. The highest BCUT2D eigenvalue weighted by Gasteiger charge is 2.24. The molecule has 0 saturated heterocycles. The zero-order chi connectivity index (χ0) is 23.2. The Morgan fingerprint density at radius 3 is 2.45 bits per heavy atom. The fourth-order valence-electron chi connectivity index (χ4n) is 4.16. The second kappa shape index (κ2) is 10.9. The van der Waals surface area contributed by atoms with Crippen molar-refractivity contribution in [2.24, 2.45) is 0 Å². The zero-order valence-corrected chi connectivity index (χ0v) is 20.2. The summed E-state index contributed by atoms with van der Waals surface area (Å²) in [4.78, 5) is 3.68. The normalized spacial score (nSPS) is 15.5. The highest BCUT2D eigenvalue weighted by Crippen LogP contribution is 2.47. The van der Waals surface area contributed by atoms with Crippen molar-refractivity contribution in [3.05, 3.63) is 77.4 Å². The molecule has 1 aliphatic rings. The third kappa shape index (κ3) is 5.57. The van der Waals surface area contributed by atoms with Crippen LogP contribution in [0.4, 0.5) is 5.69 Å². The Labute approximate surface area is 200 Å². The summed E-state index contributed by atoms with van der Waals surface area (Å²) >= 11 is 1.90. The van der Waals surface area contributed by atoms with Gasteiger partial charge in [0.15, 0.2) is 0 Å². The van der Waals surface area contributed by atoms with Crippen molar-refractivity contribution < 1.29 is 19.3 Å². The largest absolute Gasteiger partial charge is 0.497 e. The topological polar surface area (TPSA) is 51.2 Å². The van der Waals surface area contributed by atoms with E-state index in [0.29, 0.717) is 11.9 Å². The number of nitrogens with zero attached hydrogens (tertiary/aromatic N) is 1. The Kier molecular flexibility index (Phi) is 7.68. The van der Waals surface area contributed by atoms with Crippen molar-refractivity contribution in [3.8, 4) is 17.2 Å². The SMILES string of the molecule is COc1ccc2c(c1)SC(c1ccc(OC)c(C)c1)CCN2Cc1ccc(OCCO)cc1. The van der Waals surface area contributed by atoms with Crippen LogP contribution in [0.1, 0.15) is 28.4 Å². The fourth-order valence-corrected chi connectivity index (χ4v) is 5.47. The fraction of sp³-hybridized carbons (Fsp3) is 0.333. The third-order valence-electron chi connectivity index (χ3n) is 5.89. The van der Waals surface area contributed by atoms with Gasteiger partial charge in [-0.1, -0.05) is 24.3 Å². The van der Waals surface area contributed by atoms with Crippen LogP contribution >= 0.6 is 11.8 Å². The van der Waals surface area contributed by atoms with Crippen LogP contribution in [0.15, 0.2) is 65.6 Å². The number of anilines is 1. The van der Waals surface area contributed by atoms with Gasteiger partial charge in [0.25, 0.3) is 0 Å². The summed E-state index contributed by atoms with van der Waals surface area (Å²) in [5.41, 5.74) is 4.93. The van der Waals surface area contributed by atoms with Crippen LogP contribution in [0.2, 0.25) is 0 Å². The van der Waals surface area contributed by atoms with E-state index in [-0.39, 0.29) is 6.61 Å². The summed E-state index contributed by atoms with van der Waals surface area (Å²) in [6.45, 7) is 4.19. The van der Waals surface area contributed by atoms with Crippen molar-refractivity contribution in [3.63, 3.8) is 0 Å². The van der Waals surface area contributed by atoms with Gasteiger partial charge in [-0.15, -0.1) is 11.8 Å². The van der Waals surface area contributed by atoms with Gasteiger partial charge >= 0.3 is 0 Å². The standard InChI is InChI=1S/C27H31NO4S/c1-19-16-21(6-11-25(19)31-3)26-12-13-28(24-10-9-23(30-2)17-27(24)33-26)18-20-4-7-22(8-5-20)32-15-14-29/h4-11,16-17,26,29H,12-15,18H2,1-3H3. The van der Waals surface area contributed by atoms with Crippen molar-refractivity contribution in [1.82, 2.24) is 0 Å². The molecule has 0 fully saturated rings. The maximum absolute atomic E-state index is 8.95. The second-order valence-corrected chi connectivity index (χ2v) is 9.34. The van der Waals surface area contributed by atoms with E-state index in [9.17, 15) is 0 Å². The number of hydrogen-bond donors (Lipinski definition) is 1. The number of aliphatic hydroxyl groups is 1. The maximum atomic E-state index is 8.95. The zero-order valence-electron chi connectivity index (χ0n) is 19.4. The smallest absolute Gasteiger partial charge is 0.121 e. The van der Waals surface area contributed by atoms with Crippen molar-refractivity contribution >= 4 is 17.4 Å². The number of aryl methyl sites for hydroxylation is 1. The molecular formula is C27H31NO4S. The maximum Gasteiger partial charge on any atom is 0.121 e. The Morgan fingerprint density at radius 1 is 0.970 bits per heavy atom. The molecular weight excluding hydrogens is 434 g/mol. The molecule has 0 spiro atoms. The van der Waals surface area contributed by atoms with Gasteiger partial charge in [0.1, 0.15) is 23.9 Å². The van der Waals surface area contributed by atoms with Crippen LogP contribution in [0.3, 0.4) is 0 Å². The molecule has 0 radical (unpaired) electrons. The van der Waals surface area contributed by atoms with Gasteiger partial charge in [0.05, 0.1) is 26.5 Å². The van der Waals surface area contributed by atoms with Crippen molar-refractivity contribution in [1.29, 1.82) is 0 Å². The van der Waals surface area contributed by atoms with E-state index in [1.807, 2.05) is 30.0 Å². The van der Waals surface area contributed by atoms with Gasteiger partial charge in [-0.3, -0.25) is 0 Å². The molecule has 3 aromatic carbocycles. The average molecular weight is 466 g/mol. The van der Waals surface area contributed by atoms with Crippen LogP contribution in [0, 0.1) is 6.92 Å². The van der Waals surface area contributed by atoms with E-state index >= 15 is 0 Å². The first-order valence-electron chi connectivity index (χ1n) is 11.2. The number of methoxy groups -OCH3 is 2. The molecule has 3 aromatic rings. The Hall–Kier alpha value is -2.83. The number of ether oxygens (including phenoxy) is 3. The van der Waals surface area contributed by atoms with Crippen LogP contribution in [0.25, 0.3) is 0 Å². The van der Waals surface area contributed by atoms with Crippen molar-refractivity contribution in [2.45, 2.75) is 30.0 Å². The first kappa shape index (κ1) is 23.3. The molecule has 0 aliphatic carbocycles. The minimum absolute atomic E-state index is 0.0162. The number of aliphatic hydroxyl groups excluding tert-OH is 1. The molecule has 33 heavy (non-hydrogen) atoms. The second-order valence-electron chi connectivity index (χ2n) is 8.10. The van der Waals surface area contributed by atoms with E-state index in [1.54, 1.807) is 14.2 Å². The molecule has 4 rings (SSSR count). The third-order valence-corrected chi connectivity index (χ3v) is 7.26. The lowest BCUT2D eigenvalue weighted by atomic mass is 10.1. The molecule has 6 heteroatoms. The van der Waals surface area contributed by atoms with Crippen molar-refractivity contribution in [2.75, 3.05) is 38.9 Å². The molecule has 0 saturated carbocycles. The first-order valence-corrected chi connectivity index (χ1v) is 12.1. The summed E-state index contributed by atoms with van der Waals surface area (Å²) in [6.07, 6.45) is 1.03. The Morgan fingerprint density at radius 2 is 1.76 bits per heavy atom. The minimum atomic E-state index is 0.0162. The lowest BCUT2D eigenvalue weighted by molar-refractivity contribution is 0.201. The molecule has 0 amide bonds. The van der Waals surface area contributed by atoms with Gasteiger partial charge in [0, 0.05) is 23.2 Å². The number of fused-ring (bicyclic) bond motifs is 1. The quantitative estimate of drug-likeness (QED) is 0.466. The first-order chi connectivity index (χ1) is 16.1. The number of rotatable bonds is 8. The van der Waals surface area contributed by atoms with E-state index in [1.165, 1.54) is 21.7 Å². The average Bonchev–Trinajstić information content (AvgIpc) is 3.02. The molecule has 0 bridgehead atoms. The van der Waals surface area contributed by atoms with Gasteiger partial charge in [-0.05, 0) is 66.4 Å². The predicted molar refractivity (Wildman–Crippen MR) is 134 cm³/mol. The summed E-state index contributed by atoms with van der Waals surface area (Å²) in [5, 5.41) is 9.30. The van der Waals surface area contributed by atoms with Crippen LogP contribution < -0.4 is 19.1 Å². The van der Waals surface area contributed by atoms with Gasteiger partial charge < -0.3 is 24.2 Å². The molecule has 0 aromatic heterocycles. The highest BCUT2D eigenvalue weighted by atomic mass is 32.2. The molecule has 1 unspecified atom stereocenters. The number of hydrogen-bond acceptors (Lipinski definition) is 6. The molecule has 1 atom stereocenters. The van der Waals surface area contributed by atoms with E-state index < -0.39 is 0 Å². The molecule has 1 heterocycles. The van der Waals surface area contributed by atoms with Crippen LogP contribution in [0.5, 0.6) is 17.2 Å². The van der Waals surface area contributed by atoms with Gasteiger partial charge in [-0.2, -0.15) is 0 Å². The summed E-state index contributed by atoms with van der Waals surface area (Å²) in [6, 6.07) is 21.0. The molecule has 1 aliphatic heterocycles. The molecule has 174 valence electrons. The van der Waals surface area contributed by atoms with Crippen LogP contribution in [-0.4, -0.2) is 39.1 Å². The minimum Gasteiger partial charge on any atom is -0.497 e. The van der Waals surface area contributed by atoms with E-state index in [0.717, 1.165) is 42.3 Å². The number of thioether (sulfide) groups is 1. The Bertz CT molecular complexity index is 1070. The predicted octanol–water partition coefficient (Wildman–Crippen LogP) is 5.63. The monoisotopic (exact) mass is 465 g/mol. The van der Waals surface area contributed by atoms with E-state index in [2.05, 4.69) is 54.3 Å². The highest BCUT2D eigenvalue weighted by molar-refractivity contribution is 7.99. The van der Waals surface area contributed by atoms with Gasteiger partial charge in [0.2, 0.25) is 0 Å². The van der Waals surface area contributed by atoms with E-state index in [4.69, 9.17) is 19.3 Å². The molecule has 5 nitrogen and oxygen atoms in total. The van der Waals surface area contributed by atoms with Crippen LogP contribution in [-0.2, 0) is 6.54 Å². The lowest BCUT2D eigenvalue weighted by Crippen LogP contribution is -2.24. The van der Waals surface area contributed by atoms with Gasteiger partial charge in [-0.25, -0.2) is 0 Å². The summed E-state index contributed by atoms with van der Waals surface area (Å²) < 4.78 is 16.5. The number of benzene rings is 3.